The van der Waals surface area contributed by atoms with E-state index in [4.69, 9.17) is 23.2 Å². The molecule has 0 amide bonds. The second-order valence-corrected chi connectivity index (χ2v) is 13.2. The van der Waals surface area contributed by atoms with Crippen LogP contribution >= 0.6 is 55.1 Å². The van der Waals surface area contributed by atoms with Crippen molar-refractivity contribution in [3.05, 3.63) is 122 Å². The standard InChI is InChI=1S/C15H15BrN4O3.C15H13BrN4O3.CH2Cl2/c2*1-18-13-12(14(22)19(2)15(18)23)20(11(8-21)17-13)7-9-4-3-5-10(16)6-9;2-1-3/h3-6,21H,7-8H2,1-2H3;3-6,8H,7H2,1-2H3;1H2. The van der Waals surface area contributed by atoms with E-state index >= 15 is 0 Å². The van der Waals surface area contributed by atoms with Gasteiger partial charge in [0.2, 0.25) is 0 Å². The van der Waals surface area contributed by atoms with Gasteiger partial charge in [0, 0.05) is 43.7 Å². The molecule has 0 radical (unpaired) electrons. The third kappa shape index (κ3) is 7.73. The number of aldehydes is 1. The summed E-state index contributed by atoms with van der Waals surface area (Å²) in [6.07, 6.45) is 0.585. The van der Waals surface area contributed by atoms with Gasteiger partial charge in [-0.2, -0.15) is 0 Å². The summed E-state index contributed by atoms with van der Waals surface area (Å²) < 4.78 is 9.63. The zero-order valence-corrected chi connectivity index (χ0v) is 31.3. The summed E-state index contributed by atoms with van der Waals surface area (Å²) in [7, 11) is 5.91. The number of carbonyl (C=O) groups is 1. The van der Waals surface area contributed by atoms with E-state index in [2.05, 4.69) is 41.8 Å². The van der Waals surface area contributed by atoms with Gasteiger partial charge < -0.3 is 14.2 Å². The predicted octanol–water partition coefficient (Wildman–Crippen LogP) is 3.22. The quantitative estimate of drug-likeness (QED) is 0.198. The van der Waals surface area contributed by atoms with Crippen LogP contribution in [0.2, 0.25) is 0 Å². The molecule has 258 valence electrons. The summed E-state index contributed by atoms with van der Waals surface area (Å²) in [4.78, 5) is 68.8. The lowest BCUT2D eigenvalue weighted by molar-refractivity contribution is 0.111. The van der Waals surface area contributed by atoms with Crippen LogP contribution in [-0.4, -0.2) is 54.1 Å². The highest BCUT2D eigenvalue weighted by Gasteiger charge is 2.20. The number of hydrogen-bond donors (Lipinski definition) is 1. The van der Waals surface area contributed by atoms with Crippen molar-refractivity contribution in [1.82, 2.24) is 37.4 Å². The van der Waals surface area contributed by atoms with Gasteiger partial charge in [-0.3, -0.25) is 32.7 Å². The smallest absolute Gasteiger partial charge is 0.332 e. The van der Waals surface area contributed by atoms with Crippen molar-refractivity contribution in [2.75, 3.05) is 5.34 Å². The molecule has 1 N–H and O–H groups in total. The second kappa shape index (κ2) is 16.1. The number of hydrogen-bond acceptors (Lipinski definition) is 8. The lowest BCUT2D eigenvalue weighted by atomic mass is 10.2. The summed E-state index contributed by atoms with van der Waals surface area (Å²) in [5.74, 6) is 0.455. The Morgan fingerprint density at radius 2 is 1.14 bits per heavy atom. The largest absolute Gasteiger partial charge is 0.388 e. The van der Waals surface area contributed by atoms with E-state index in [1.807, 2.05) is 48.5 Å². The van der Waals surface area contributed by atoms with Crippen LogP contribution in [0.25, 0.3) is 22.3 Å². The zero-order chi connectivity index (χ0) is 36.2. The average molecular weight is 841 g/mol. The molecule has 0 bridgehead atoms. The third-order valence-electron chi connectivity index (χ3n) is 7.51. The maximum absolute atomic E-state index is 12.5. The highest BCUT2D eigenvalue weighted by Crippen LogP contribution is 2.18. The molecule has 14 nitrogen and oxygen atoms in total. The van der Waals surface area contributed by atoms with Crippen LogP contribution < -0.4 is 22.5 Å². The number of halogens is 4. The molecule has 0 saturated heterocycles. The minimum atomic E-state index is -0.480. The first-order chi connectivity index (χ1) is 23.3. The molecular formula is C31H30Br2Cl2N8O6. The molecule has 0 aliphatic carbocycles. The maximum Gasteiger partial charge on any atom is 0.332 e. The molecule has 6 rings (SSSR count). The van der Waals surface area contributed by atoms with Crippen LogP contribution in [0.5, 0.6) is 0 Å². The van der Waals surface area contributed by atoms with E-state index in [1.54, 1.807) is 11.6 Å². The SMILES string of the molecule is ClCCl.Cn1c(=O)c2c(nc(C=O)n2Cc2cccc(Br)c2)n(C)c1=O.Cn1c(=O)c2c(nc(CO)n2Cc2cccc(Br)c2)n(C)c1=O. The highest BCUT2D eigenvalue weighted by atomic mass is 79.9. The summed E-state index contributed by atoms with van der Waals surface area (Å²) in [6, 6.07) is 15.2. The van der Waals surface area contributed by atoms with Crippen molar-refractivity contribution in [2.24, 2.45) is 28.2 Å². The summed E-state index contributed by atoms with van der Waals surface area (Å²) in [5, 5.41) is 9.78. The Morgan fingerprint density at radius 1 is 0.714 bits per heavy atom. The lowest BCUT2D eigenvalue weighted by Crippen LogP contribution is -2.37. The number of nitrogens with zero attached hydrogens (tertiary/aromatic N) is 8. The first-order valence-corrected chi connectivity index (χ1v) is 16.9. The number of alkyl halides is 2. The molecule has 0 aliphatic rings. The van der Waals surface area contributed by atoms with Crippen molar-refractivity contribution < 1.29 is 9.90 Å². The Labute approximate surface area is 304 Å². The summed E-state index contributed by atoms with van der Waals surface area (Å²) in [6.45, 7) is 0.358. The van der Waals surface area contributed by atoms with E-state index in [0.29, 0.717) is 30.7 Å². The molecule has 0 aliphatic heterocycles. The third-order valence-corrected chi connectivity index (χ3v) is 8.50. The predicted molar refractivity (Wildman–Crippen MR) is 195 cm³/mol. The van der Waals surface area contributed by atoms with E-state index in [9.17, 15) is 29.1 Å². The number of imidazole rings is 2. The highest BCUT2D eigenvalue weighted by molar-refractivity contribution is 9.10. The van der Waals surface area contributed by atoms with E-state index in [-0.39, 0.29) is 34.6 Å². The number of aromatic nitrogens is 8. The van der Waals surface area contributed by atoms with Crippen molar-refractivity contribution >= 4 is 83.7 Å². The monoisotopic (exact) mass is 838 g/mol. The zero-order valence-electron chi connectivity index (χ0n) is 26.6. The number of benzene rings is 2. The molecule has 0 atom stereocenters. The molecule has 0 unspecified atom stereocenters. The van der Waals surface area contributed by atoms with Crippen molar-refractivity contribution in [3.8, 4) is 0 Å². The first kappa shape index (κ1) is 37.7. The van der Waals surface area contributed by atoms with Gasteiger partial charge in [0.1, 0.15) is 12.4 Å². The Balaban J connectivity index is 0.000000205. The lowest BCUT2D eigenvalue weighted by Gasteiger charge is -2.09. The molecule has 6 aromatic rings. The molecule has 18 heteroatoms. The minimum Gasteiger partial charge on any atom is -0.388 e. The van der Waals surface area contributed by atoms with Gasteiger partial charge in [-0.1, -0.05) is 56.1 Å². The molecule has 0 fully saturated rings. The number of carbonyl (C=O) groups excluding carboxylic acids is 1. The molecular weight excluding hydrogens is 811 g/mol. The normalized spacial score (nSPS) is 10.9. The van der Waals surface area contributed by atoms with Gasteiger partial charge in [-0.15, -0.1) is 23.2 Å². The Kier molecular flexibility index (Phi) is 12.4. The fraction of sp³-hybridized carbons (Fsp3) is 0.258. The van der Waals surface area contributed by atoms with Crippen LogP contribution in [0.4, 0.5) is 0 Å². The molecule has 49 heavy (non-hydrogen) atoms. The van der Waals surface area contributed by atoms with E-state index in [1.165, 1.54) is 34.8 Å². The van der Waals surface area contributed by atoms with Crippen LogP contribution in [0.3, 0.4) is 0 Å². The number of aliphatic hydroxyl groups excluding tert-OH is 1. The van der Waals surface area contributed by atoms with Crippen LogP contribution in [0.15, 0.2) is 76.7 Å². The van der Waals surface area contributed by atoms with E-state index < -0.39 is 22.5 Å². The Morgan fingerprint density at radius 3 is 1.57 bits per heavy atom. The van der Waals surface area contributed by atoms with Gasteiger partial charge in [-0.25, -0.2) is 19.6 Å². The van der Waals surface area contributed by atoms with Gasteiger partial charge in [0.15, 0.2) is 34.4 Å². The first-order valence-electron chi connectivity index (χ1n) is 14.3. The average Bonchev–Trinajstić information content (AvgIpc) is 3.63. The second-order valence-electron chi connectivity index (χ2n) is 10.6. The molecule has 0 saturated carbocycles. The molecule has 4 heterocycles. The van der Waals surface area contributed by atoms with Crippen molar-refractivity contribution in [1.29, 1.82) is 0 Å². The van der Waals surface area contributed by atoms with Crippen molar-refractivity contribution in [3.63, 3.8) is 0 Å². The van der Waals surface area contributed by atoms with E-state index in [0.717, 1.165) is 29.2 Å². The van der Waals surface area contributed by atoms with Crippen LogP contribution in [0, 0.1) is 0 Å². The minimum absolute atomic E-state index is 0.110. The number of aryl methyl sites for hydroxylation is 2. The number of rotatable bonds is 6. The fourth-order valence-corrected chi connectivity index (χ4v) is 6.03. The van der Waals surface area contributed by atoms with Gasteiger partial charge in [-0.05, 0) is 35.4 Å². The van der Waals surface area contributed by atoms with Gasteiger partial charge >= 0.3 is 11.4 Å². The molecule has 2 aromatic carbocycles. The summed E-state index contributed by atoms with van der Waals surface area (Å²) >= 11 is 16.3. The summed E-state index contributed by atoms with van der Waals surface area (Å²) in [5.41, 5.74) is 1.04. The Bertz CT molecular complexity index is 2430. The van der Waals surface area contributed by atoms with Crippen molar-refractivity contribution in [2.45, 2.75) is 19.7 Å². The maximum atomic E-state index is 12.5. The van der Waals surface area contributed by atoms with Crippen LogP contribution in [-0.2, 0) is 47.9 Å². The molecule has 0 spiro atoms. The topological polar surface area (TPSA) is 161 Å². The van der Waals surface area contributed by atoms with Gasteiger partial charge in [0.25, 0.3) is 11.1 Å². The molecule has 4 aromatic heterocycles. The number of fused-ring (bicyclic) bond motifs is 2. The van der Waals surface area contributed by atoms with Crippen LogP contribution in [0.1, 0.15) is 27.6 Å². The fourth-order valence-electron chi connectivity index (χ4n) is 5.13. The number of aliphatic hydroxyl groups is 1. The van der Waals surface area contributed by atoms with Gasteiger partial charge in [0.05, 0.1) is 11.9 Å². The Hall–Kier alpha value is -4.09.